The van der Waals surface area contributed by atoms with Crippen molar-refractivity contribution in [2.24, 2.45) is 0 Å². The first-order valence-corrected chi connectivity index (χ1v) is 8.26. The summed E-state index contributed by atoms with van der Waals surface area (Å²) >= 11 is 0. The van der Waals surface area contributed by atoms with Crippen molar-refractivity contribution in [3.05, 3.63) is 0 Å². The van der Waals surface area contributed by atoms with Crippen molar-refractivity contribution >= 4 is 24.1 Å². The summed E-state index contributed by atoms with van der Waals surface area (Å²) in [6, 6.07) is 0. The smallest absolute Gasteiger partial charge is 0.539 e. The molecular weight excluding hydrogens is 392 g/mol. The molecule has 2 unspecified atom stereocenters. The van der Waals surface area contributed by atoms with Crippen molar-refractivity contribution < 1.29 is 60.6 Å². The van der Waals surface area contributed by atoms with Gasteiger partial charge in [-0.25, -0.2) is 12.6 Å². The zero-order chi connectivity index (χ0) is 21.7. The third-order valence-corrected chi connectivity index (χ3v) is 1.62. The molecule has 27 heavy (non-hydrogen) atoms. The molecule has 0 saturated heterocycles. The van der Waals surface area contributed by atoms with E-state index in [-0.39, 0.29) is 45.5 Å². The maximum absolute atomic E-state index is 10.4. The Hall–Kier alpha value is -0.766. The molecule has 158 valence electrons. The predicted molar refractivity (Wildman–Crippen MR) is 98.3 cm³/mol. The van der Waals surface area contributed by atoms with Gasteiger partial charge in [-0.2, -0.15) is 0 Å². The number of aliphatic hydroxyl groups excluding tert-OH is 2. The molecule has 0 rings (SSSR count). The monoisotopic (exact) mass is 426 g/mol. The van der Waals surface area contributed by atoms with E-state index >= 15 is 0 Å². The fourth-order valence-electron chi connectivity index (χ4n) is 0.802. The molecule has 0 saturated carbocycles. The number of aliphatic hydroxyl groups is 2. The van der Waals surface area contributed by atoms with Crippen LogP contribution >= 0.6 is 0 Å². The molecule has 0 radical (unpaired) electrons. The van der Waals surface area contributed by atoms with Gasteiger partial charge in [0.2, 0.25) is 0 Å². The van der Waals surface area contributed by atoms with Crippen LogP contribution in [0.1, 0.15) is 55.4 Å². The minimum Gasteiger partial charge on any atom is -0.539 e. The largest absolute Gasteiger partial charge is 2.00 e. The van der Waals surface area contributed by atoms with Crippen LogP contribution in [-0.4, -0.2) is 72.0 Å². The number of Topliss-reactive ketones (excluding diaryl/α,β-unsaturated/α-hetero) is 2. The van der Waals surface area contributed by atoms with E-state index < -0.39 is 12.2 Å². The Morgan fingerprint density at radius 2 is 0.963 bits per heavy atom. The number of rotatable bonds is 8. The van der Waals surface area contributed by atoms with Crippen molar-refractivity contribution in [1.82, 2.24) is 0 Å². The minimum absolute atomic E-state index is 0. The van der Waals surface area contributed by atoms with Crippen molar-refractivity contribution in [1.29, 1.82) is 0 Å². The van der Waals surface area contributed by atoms with E-state index in [9.17, 15) is 19.2 Å². The molecule has 0 aromatic heterocycles. The number of carbonyl (C=O) groups is 2. The van der Waals surface area contributed by atoms with Crippen molar-refractivity contribution in [3.8, 4) is 0 Å². The summed E-state index contributed by atoms with van der Waals surface area (Å²) in [6.45, 7) is 13.6. The van der Waals surface area contributed by atoms with Crippen LogP contribution in [0.5, 0.6) is 0 Å². The minimum atomic E-state index is -0.977. The molecular formula is C18H34O8Ti. The van der Waals surface area contributed by atoms with Crippen LogP contribution in [0.3, 0.4) is 0 Å². The molecule has 0 spiro atoms. The standard InChI is InChI=1S/2C6H9O3.2C3H8O.Ti/c2*1-3-9-6(4-7)5(2)8;2*1-3(2)4;/h2*6H,3H2,1-2H3;2*3-4H,1-2H3;/q2*-1;;;+2. The second kappa shape index (κ2) is 27.5. The molecule has 0 aromatic rings. The molecule has 2 atom stereocenters. The summed E-state index contributed by atoms with van der Waals surface area (Å²) < 4.78 is 9.36. The van der Waals surface area contributed by atoms with Crippen LogP contribution in [0, 0.1) is 0 Å². The van der Waals surface area contributed by atoms with Gasteiger partial charge >= 0.3 is 21.7 Å². The molecule has 2 N–H and O–H groups in total. The molecule has 0 aromatic carbocycles. The predicted octanol–water partition coefficient (Wildman–Crippen LogP) is 0.952. The summed E-state index contributed by atoms with van der Waals surface area (Å²) in [5.74, 6) is -0.598. The van der Waals surface area contributed by atoms with Gasteiger partial charge in [0.15, 0.2) is 0 Å². The average molecular weight is 426 g/mol. The van der Waals surface area contributed by atoms with Gasteiger partial charge in [0.1, 0.15) is 11.6 Å². The maximum Gasteiger partial charge on any atom is 2.00 e. The van der Waals surface area contributed by atoms with Crippen LogP contribution in [0.15, 0.2) is 0 Å². The van der Waals surface area contributed by atoms with Gasteiger partial charge in [-0.05, 0) is 55.4 Å². The number of hydrogen-bond donors (Lipinski definition) is 2. The van der Waals surface area contributed by atoms with Gasteiger partial charge in [0.05, 0.1) is 0 Å². The van der Waals surface area contributed by atoms with Gasteiger partial charge in [0, 0.05) is 37.6 Å². The summed E-state index contributed by atoms with van der Waals surface area (Å²) in [4.78, 5) is 40.5. The van der Waals surface area contributed by atoms with E-state index in [1.54, 1.807) is 41.5 Å². The number of ketones is 2. The fourth-order valence-corrected chi connectivity index (χ4v) is 0.802. The molecule has 0 aliphatic heterocycles. The third kappa shape index (κ3) is 45.9. The molecule has 0 heterocycles. The number of ether oxygens (including phenoxy) is 2. The Morgan fingerprint density at radius 3 is 1.00 bits per heavy atom. The summed E-state index contributed by atoms with van der Waals surface area (Å²) in [5.41, 5.74) is 0. The molecule has 8 nitrogen and oxygen atoms in total. The normalized spacial score (nSPS) is 11.1. The summed E-state index contributed by atoms with van der Waals surface area (Å²) in [6.07, 6.45) is 0.674. The van der Waals surface area contributed by atoms with E-state index in [0.717, 1.165) is 0 Å². The Morgan fingerprint density at radius 1 is 0.778 bits per heavy atom. The first kappa shape index (κ1) is 37.0. The zero-order valence-corrected chi connectivity index (χ0v) is 19.1. The second-order valence-electron chi connectivity index (χ2n) is 5.32. The molecule has 0 aliphatic rings. The number of carbonyl (C=O) groups excluding carboxylic acids is 4. The molecule has 0 aliphatic carbocycles. The first-order chi connectivity index (χ1) is 11.9. The molecule has 9 heteroatoms. The van der Waals surface area contributed by atoms with Gasteiger partial charge in [-0.3, -0.25) is 9.59 Å². The van der Waals surface area contributed by atoms with Crippen LogP contribution in [0.25, 0.3) is 0 Å². The van der Waals surface area contributed by atoms with E-state index in [2.05, 4.69) is 9.47 Å². The van der Waals surface area contributed by atoms with Crippen LogP contribution in [-0.2, 0) is 50.4 Å². The Labute approximate surface area is 177 Å². The molecule has 0 amide bonds. The van der Waals surface area contributed by atoms with E-state index in [4.69, 9.17) is 10.2 Å². The van der Waals surface area contributed by atoms with Crippen molar-refractivity contribution in [2.75, 3.05) is 13.2 Å². The molecule has 0 bridgehead atoms. The van der Waals surface area contributed by atoms with Crippen LogP contribution in [0.2, 0.25) is 0 Å². The van der Waals surface area contributed by atoms with Gasteiger partial charge in [0.25, 0.3) is 0 Å². The summed E-state index contributed by atoms with van der Waals surface area (Å²) in [7, 11) is 0. The van der Waals surface area contributed by atoms with Gasteiger partial charge in [-0.1, -0.05) is 0 Å². The SMILES string of the molecule is CC(C)O.CC(C)O.CCOC([C-]=O)C(C)=O.CCOC([C-]=O)C(C)=O.[Ti+2]. The quantitative estimate of drug-likeness (QED) is 0.334. The second-order valence-corrected chi connectivity index (χ2v) is 5.32. The van der Waals surface area contributed by atoms with Gasteiger partial charge in [-0.15, -0.1) is 0 Å². The van der Waals surface area contributed by atoms with E-state index in [1.807, 2.05) is 0 Å². The summed E-state index contributed by atoms with van der Waals surface area (Å²) in [5, 5.41) is 16.1. The third-order valence-electron chi connectivity index (χ3n) is 1.62. The maximum atomic E-state index is 10.4. The number of hydrogen-bond acceptors (Lipinski definition) is 8. The Balaban J connectivity index is -0.0000000843. The Bertz CT molecular complexity index is 320. The van der Waals surface area contributed by atoms with E-state index in [1.165, 1.54) is 26.4 Å². The first-order valence-electron chi connectivity index (χ1n) is 8.26. The Kier molecular flexibility index (Phi) is 37.7. The fraction of sp³-hybridized carbons (Fsp3) is 0.778. The van der Waals surface area contributed by atoms with Crippen molar-refractivity contribution in [2.45, 2.75) is 79.8 Å². The van der Waals surface area contributed by atoms with E-state index in [0.29, 0.717) is 13.2 Å². The van der Waals surface area contributed by atoms with Crippen LogP contribution < -0.4 is 0 Å². The average Bonchev–Trinajstić information content (AvgIpc) is 2.49. The van der Waals surface area contributed by atoms with Crippen LogP contribution in [0.4, 0.5) is 0 Å². The zero-order valence-electron chi connectivity index (χ0n) is 17.6. The van der Waals surface area contributed by atoms with Gasteiger partial charge < -0.3 is 29.3 Å². The topological polar surface area (TPSA) is 127 Å². The van der Waals surface area contributed by atoms with Crippen molar-refractivity contribution in [3.63, 3.8) is 0 Å². The molecule has 0 fully saturated rings.